The molecule has 136 valence electrons. The highest BCUT2D eigenvalue weighted by molar-refractivity contribution is 5.98. The van der Waals surface area contributed by atoms with E-state index in [-0.39, 0.29) is 17.6 Å². The number of Topliss-reactive ketones (excluding diaryl/α,β-unsaturated/α-hetero) is 1. The lowest BCUT2D eigenvalue weighted by Gasteiger charge is -2.30. The SMILES string of the molecule is COc1ccc(C(=O)C2CCN(C(=O)c3cc(C4CC4)on3)CC2)cc1. The Morgan fingerprint density at radius 3 is 2.42 bits per heavy atom. The third kappa shape index (κ3) is 3.36. The van der Waals surface area contributed by atoms with Gasteiger partial charge in [-0.1, -0.05) is 5.16 Å². The molecule has 0 radical (unpaired) electrons. The van der Waals surface area contributed by atoms with E-state index in [1.807, 2.05) is 0 Å². The predicted molar refractivity (Wildman–Crippen MR) is 94.4 cm³/mol. The summed E-state index contributed by atoms with van der Waals surface area (Å²) in [5, 5.41) is 3.93. The molecule has 2 aliphatic rings. The molecule has 0 atom stereocenters. The molecule has 1 saturated heterocycles. The maximum Gasteiger partial charge on any atom is 0.276 e. The van der Waals surface area contributed by atoms with Gasteiger partial charge in [-0.3, -0.25) is 9.59 Å². The molecular weight excluding hydrogens is 332 g/mol. The van der Waals surface area contributed by atoms with Crippen LogP contribution in [-0.2, 0) is 0 Å². The smallest absolute Gasteiger partial charge is 0.276 e. The second kappa shape index (κ2) is 6.94. The van der Waals surface area contributed by atoms with Crippen molar-refractivity contribution in [3.05, 3.63) is 47.3 Å². The van der Waals surface area contributed by atoms with Crippen molar-refractivity contribution in [3.63, 3.8) is 0 Å². The van der Waals surface area contributed by atoms with Gasteiger partial charge in [-0.15, -0.1) is 0 Å². The minimum atomic E-state index is -0.101. The number of carbonyl (C=O) groups excluding carboxylic acids is 2. The second-order valence-electron chi connectivity index (χ2n) is 7.05. The molecule has 26 heavy (non-hydrogen) atoms. The Balaban J connectivity index is 1.35. The van der Waals surface area contributed by atoms with Crippen molar-refractivity contribution in [1.29, 1.82) is 0 Å². The predicted octanol–water partition coefficient (Wildman–Crippen LogP) is 3.30. The number of carbonyl (C=O) groups is 2. The Morgan fingerprint density at radius 1 is 1.12 bits per heavy atom. The van der Waals surface area contributed by atoms with Gasteiger partial charge in [0.1, 0.15) is 11.5 Å². The topological polar surface area (TPSA) is 72.6 Å². The van der Waals surface area contributed by atoms with E-state index in [4.69, 9.17) is 9.26 Å². The first-order valence-electron chi connectivity index (χ1n) is 9.10. The Morgan fingerprint density at radius 2 is 1.81 bits per heavy atom. The van der Waals surface area contributed by atoms with E-state index in [1.165, 1.54) is 0 Å². The van der Waals surface area contributed by atoms with Crippen LogP contribution in [0.1, 0.15) is 58.2 Å². The van der Waals surface area contributed by atoms with Crippen LogP contribution in [0.25, 0.3) is 0 Å². The molecule has 0 bridgehead atoms. The van der Waals surface area contributed by atoms with Crippen LogP contribution in [0.3, 0.4) is 0 Å². The summed E-state index contributed by atoms with van der Waals surface area (Å²) in [5.41, 5.74) is 1.08. The lowest BCUT2D eigenvalue weighted by molar-refractivity contribution is 0.0642. The standard InChI is InChI=1S/C20H22N2O4/c1-25-16-6-4-14(5-7-16)19(23)15-8-10-22(11-9-15)20(24)17-12-18(26-21-17)13-2-3-13/h4-7,12-13,15H,2-3,8-11H2,1H3. The van der Waals surface area contributed by atoms with Crippen LogP contribution < -0.4 is 4.74 Å². The summed E-state index contributed by atoms with van der Waals surface area (Å²) >= 11 is 0. The maximum absolute atomic E-state index is 12.7. The molecule has 1 amide bonds. The zero-order valence-electron chi connectivity index (χ0n) is 14.8. The minimum absolute atomic E-state index is 0.0493. The van der Waals surface area contributed by atoms with Gasteiger partial charge >= 0.3 is 0 Å². The van der Waals surface area contributed by atoms with Gasteiger partial charge in [-0.2, -0.15) is 0 Å². The van der Waals surface area contributed by atoms with E-state index < -0.39 is 0 Å². The van der Waals surface area contributed by atoms with Crippen molar-refractivity contribution in [2.75, 3.05) is 20.2 Å². The zero-order chi connectivity index (χ0) is 18.1. The van der Waals surface area contributed by atoms with Crippen molar-refractivity contribution in [2.24, 2.45) is 5.92 Å². The highest BCUT2D eigenvalue weighted by atomic mass is 16.5. The molecule has 2 heterocycles. The number of likely N-dealkylation sites (tertiary alicyclic amines) is 1. The summed E-state index contributed by atoms with van der Waals surface area (Å²) in [7, 11) is 1.60. The van der Waals surface area contributed by atoms with Crippen LogP contribution in [0.4, 0.5) is 0 Å². The molecule has 2 fully saturated rings. The summed E-state index contributed by atoms with van der Waals surface area (Å²) < 4.78 is 10.4. The molecule has 6 nitrogen and oxygen atoms in total. The molecule has 1 saturated carbocycles. The largest absolute Gasteiger partial charge is 0.497 e. The number of piperidine rings is 1. The molecule has 0 N–H and O–H groups in total. The average Bonchev–Trinajstić information content (AvgIpc) is 3.44. The molecule has 6 heteroatoms. The van der Waals surface area contributed by atoms with Crippen LogP contribution in [0, 0.1) is 5.92 Å². The second-order valence-corrected chi connectivity index (χ2v) is 7.05. The van der Waals surface area contributed by atoms with E-state index >= 15 is 0 Å². The number of ether oxygens (including phenoxy) is 1. The Bertz CT molecular complexity index is 799. The first-order chi connectivity index (χ1) is 12.7. The summed E-state index contributed by atoms with van der Waals surface area (Å²) in [6.07, 6.45) is 3.57. The third-order valence-electron chi connectivity index (χ3n) is 5.25. The van der Waals surface area contributed by atoms with Gasteiger partial charge in [0.15, 0.2) is 11.5 Å². The molecule has 4 rings (SSSR count). The first kappa shape index (κ1) is 16.8. The lowest BCUT2D eigenvalue weighted by atomic mass is 9.89. The fourth-order valence-corrected chi connectivity index (χ4v) is 3.45. The van der Waals surface area contributed by atoms with E-state index in [0.29, 0.717) is 43.1 Å². The number of benzene rings is 1. The number of methoxy groups -OCH3 is 1. The fraction of sp³-hybridized carbons (Fsp3) is 0.450. The molecule has 1 aromatic heterocycles. The van der Waals surface area contributed by atoms with Crippen LogP contribution in [0.5, 0.6) is 5.75 Å². The van der Waals surface area contributed by atoms with Gasteiger partial charge in [0, 0.05) is 36.6 Å². The van der Waals surface area contributed by atoms with Gasteiger partial charge in [0.05, 0.1) is 7.11 Å². The quantitative estimate of drug-likeness (QED) is 0.771. The molecule has 0 unspecified atom stereocenters. The minimum Gasteiger partial charge on any atom is -0.497 e. The number of aromatic nitrogens is 1. The first-order valence-corrected chi connectivity index (χ1v) is 9.10. The van der Waals surface area contributed by atoms with Crippen molar-refractivity contribution < 1.29 is 18.8 Å². The van der Waals surface area contributed by atoms with Crippen molar-refractivity contribution in [2.45, 2.75) is 31.6 Å². The van der Waals surface area contributed by atoms with Crippen molar-refractivity contribution in [3.8, 4) is 5.75 Å². The Hall–Kier alpha value is -2.63. The van der Waals surface area contributed by atoms with E-state index in [0.717, 1.165) is 24.4 Å². The summed E-state index contributed by atoms with van der Waals surface area (Å²) in [6, 6.07) is 8.97. The normalized spacial score (nSPS) is 18.0. The third-order valence-corrected chi connectivity index (χ3v) is 5.25. The molecule has 0 spiro atoms. The van der Waals surface area contributed by atoms with E-state index in [1.54, 1.807) is 42.3 Å². The molecule has 1 aliphatic carbocycles. The van der Waals surface area contributed by atoms with Gasteiger partial charge in [0.25, 0.3) is 5.91 Å². The molecular formula is C20H22N2O4. The lowest BCUT2D eigenvalue weighted by Crippen LogP contribution is -2.40. The van der Waals surface area contributed by atoms with Crippen molar-refractivity contribution in [1.82, 2.24) is 10.1 Å². The summed E-state index contributed by atoms with van der Waals surface area (Å²) in [4.78, 5) is 27.0. The highest BCUT2D eigenvalue weighted by Gasteiger charge is 2.32. The van der Waals surface area contributed by atoms with Gasteiger partial charge in [-0.05, 0) is 49.9 Å². The van der Waals surface area contributed by atoms with Gasteiger partial charge < -0.3 is 14.2 Å². The number of ketones is 1. The number of hydrogen-bond acceptors (Lipinski definition) is 5. The molecule has 1 aromatic carbocycles. The summed E-state index contributed by atoms with van der Waals surface area (Å²) in [5.74, 6) is 1.98. The van der Waals surface area contributed by atoms with Gasteiger partial charge in [-0.25, -0.2) is 0 Å². The number of amides is 1. The van der Waals surface area contributed by atoms with E-state index in [2.05, 4.69) is 5.16 Å². The number of nitrogens with zero attached hydrogens (tertiary/aromatic N) is 2. The molecule has 1 aliphatic heterocycles. The van der Waals surface area contributed by atoms with Crippen LogP contribution >= 0.6 is 0 Å². The van der Waals surface area contributed by atoms with Crippen LogP contribution in [0.2, 0.25) is 0 Å². The monoisotopic (exact) mass is 354 g/mol. The molecule has 2 aromatic rings. The van der Waals surface area contributed by atoms with Gasteiger partial charge in [0.2, 0.25) is 0 Å². The van der Waals surface area contributed by atoms with E-state index in [9.17, 15) is 9.59 Å². The van der Waals surface area contributed by atoms with Crippen molar-refractivity contribution >= 4 is 11.7 Å². The Kier molecular flexibility index (Phi) is 4.49. The number of hydrogen-bond donors (Lipinski definition) is 0. The number of rotatable bonds is 5. The average molecular weight is 354 g/mol. The van der Waals surface area contributed by atoms with Crippen LogP contribution in [-0.4, -0.2) is 41.9 Å². The highest BCUT2D eigenvalue weighted by Crippen LogP contribution is 2.40. The fourth-order valence-electron chi connectivity index (χ4n) is 3.45. The Labute approximate surface area is 152 Å². The van der Waals surface area contributed by atoms with Crippen LogP contribution in [0.15, 0.2) is 34.9 Å². The summed E-state index contributed by atoms with van der Waals surface area (Å²) in [6.45, 7) is 1.13. The zero-order valence-corrected chi connectivity index (χ0v) is 14.8. The maximum atomic E-state index is 12.7.